The van der Waals surface area contributed by atoms with Gasteiger partial charge in [0.05, 0.1) is 68.0 Å². The number of ether oxygens (including phenoxy) is 7. The molecule has 0 aliphatic carbocycles. The van der Waals surface area contributed by atoms with E-state index in [1.165, 1.54) is 38.5 Å². The highest BCUT2D eigenvalue weighted by molar-refractivity contribution is 5.97. The van der Waals surface area contributed by atoms with Gasteiger partial charge in [0, 0.05) is 12.1 Å². The van der Waals surface area contributed by atoms with Crippen molar-refractivity contribution in [3.05, 3.63) is 182 Å². The number of hydrogen-bond acceptors (Lipinski definition) is 26. The van der Waals surface area contributed by atoms with E-state index in [1.54, 1.807) is 20.8 Å². The number of carboxylic acid groups (broad SMARTS) is 2. The number of esters is 4. The van der Waals surface area contributed by atoms with E-state index in [4.69, 9.17) is 46.1 Å². The Morgan fingerprint density at radius 3 is 1.00 bits per heavy atom. The van der Waals surface area contributed by atoms with E-state index in [9.17, 15) is 91.9 Å². The molecule has 0 fully saturated rings. The number of aromatic hydroxyl groups is 3. The Bertz CT molecular complexity index is 3510. The quantitative estimate of drug-likeness (QED) is 0.0118. The lowest BCUT2D eigenvalue weighted by Gasteiger charge is -2.10. The van der Waals surface area contributed by atoms with Gasteiger partial charge >= 0.3 is 58.6 Å². The zero-order valence-electron chi connectivity index (χ0n) is 46.5. The van der Waals surface area contributed by atoms with Gasteiger partial charge in [-0.2, -0.15) is 8.78 Å². The van der Waals surface area contributed by atoms with Gasteiger partial charge in [-0.15, -0.1) is 0 Å². The number of nitrogens with two attached hydrogens (primary N) is 2. The van der Waals surface area contributed by atoms with Crippen molar-refractivity contribution < 1.29 is 125 Å². The Kier molecular flexibility index (Phi) is 41.1. The van der Waals surface area contributed by atoms with Crippen LogP contribution in [0, 0.1) is 63.7 Å². The summed E-state index contributed by atoms with van der Waals surface area (Å²) in [6.07, 6.45) is 0. The van der Waals surface area contributed by atoms with E-state index in [1.807, 2.05) is 0 Å². The number of benzene rings is 6. The van der Waals surface area contributed by atoms with Gasteiger partial charge in [0.2, 0.25) is 34.6 Å². The van der Waals surface area contributed by atoms with Crippen molar-refractivity contribution in [3.63, 3.8) is 0 Å². The van der Waals surface area contributed by atoms with Crippen LogP contribution in [0.25, 0.3) is 0 Å². The van der Waals surface area contributed by atoms with Gasteiger partial charge < -0.3 is 70.2 Å². The minimum absolute atomic E-state index is 0. The Morgan fingerprint density at radius 1 is 0.409 bits per heavy atom. The van der Waals surface area contributed by atoms with Crippen LogP contribution in [0.5, 0.6) is 34.5 Å². The zero-order chi connectivity index (χ0) is 67.4. The number of rotatable bonds is 16. The Hall–Kier alpha value is -12.1. The van der Waals surface area contributed by atoms with E-state index >= 15 is 0 Å². The summed E-state index contributed by atoms with van der Waals surface area (Å²) in [6, 6.07) is 14.3. The normalized spacial score (nSPS) is 9.19. The maximum absolute atomic E-state index is 13.3. The summed E-state index contributed by atoms with van der Waals surface area (Å²) >= 11 is 0. The maximum Gasteiger partial charge on any atom is 0.347 e. The molecule has 0 spiro atoms. The number of nitrogens with zero attached hydrogens (tertiary/aromatic N) is 4. The van der Waals surface area contributed by atoms with Gasteiger partial charge in [0.25, 0.3) is 0 Å². The molecule has 0 saturated heterocycles. The number of phenolic OH excluding ortho intramolecular Hbond substituents is 2. The maximum atomic E-state index is 13.3. The van der Waals surface area contributed by atoms with Crippen LogP contribution in [0.15, 0.2) is 84.9 Å². The van der Waals surface area contributed by atoms with Gasteiger partial charge in [-0.25, -0.2) is 37.5 Å². The van der Waals surface area contributed by atoms with Crippen molar-refractivity contribution >= 4 is 69.9 Å². The third kappa shape index (κ3) is 25.1. The van der Waals surface area contributed by atoms with Gasteiger partial charge in [-0.3, -0.25) is 40.5 Å². The second kappa shape index (κ2) is 42.7. The first kappa shape index (κ1) is 89.6. The van der Waals surface area contributed by atoms with Crippen molar-refractivity contribution in [1.29, 1.82) is 0 Å². The monoisotopic (exact) mass is 1330 g/mol. The van der Waals surface area contributed by atoms with Crippen LogP contribution in [0.2, 0.25) is 0 Å². The number of carboxylic acids is 2. The summed E-state index contributed by atoms with van der Waals surface area (Å²) in [7, 11) is 4.52. The third-order valence-corrected chi connectivity index (χ3v) is 10.1. The fourth-order valence-corrected chi connectivity index (χ4v) is 6.32. The van der Waals surface area contributed by atoms with Crippen LogP contribution in [0.3, 0.4) is 0 Å². The molecule has 0 unspecified atom stereocenters. The molecule has 0 saturated carbocycles. The molecule has 0 heterocycles. The van der Waals surface area contributed by atoms with E-state index < -0.39 is 130 Å². The number of phenols is 3. The van der Waals surface area contributed by atoms with Gasteiger partial charge in [0.15, 0.2) is 0 Å². The number of hydrogen-bond donors (Lipinski definition) is 7. The molecule has 6 aromatic carbocycles. The number of anilines is 2. The predicted octanol–water partition coefficient (Wildman–Crippen LogP) is 11.5. The highest BCUT2D eigenvalue weighted by atomic mass is 19.1. The van der Waals surface area contributed by atoms with Crippen LogP contribution >= 0.6 is 0 Å². The van der Waals surface area contributed by atoms with Gasteiger partial charge in [0.1, 0.15) is 67.9 Å². The molecule has 6 rings (SSSR count). The molecular weight excluding hydrogens is 1260 g/mol. The minimum atomic E-state index is -1.30. The van der Waals surface area contributed by atoms with E-state index in [0.29, 0.717) is 6.07 Å². The van der Waals surface area contributed by atoms with Crippen LogP contribution in [0.4, 0.5) is 51.7 Å². The first-order valence-corrected chi connectivity index (χ1v) is 23.7. The van der Waals surface area contributed by atoms with Gasteiger partial charge in [-0.05, 0) is 93.6 Å². The second-order valence-electron chi connectivity index (χ2n) is 15.6. The van der Waals surface area contributed by atoms with Gasteiger partial charge in [-0.1, -0.05) is 37.1 Å². The lowest BCUT2D eigenvalue weighted by atomic mass is 10.1. The molecule has 0 aliphatic rings. The molecule has 512 valence electrons. The molecule has 32 nitrogen and oxygen atoms in total. The number of nitro groups is 4. The zero-order valence-corrected chi connectivity index (χ0v) is 46.5. The molecule has 36 heteroatoms. The fraction of sp³-hybridized carbons (Fsp3) is 0.263. The number of methoxy groups -OCH3 is 4. The number of aromatic carboxylic acids is 2. The van der Waals surface area contributed by atoms with E-state index in [0.717, 1.165) is 68.8 Å². The molecule has 9 N–H and O–H groups in total. The van der Waals surface area contributed by atoms with E-state index in [2.05, 4.69) is 18.9 Å². The lowest BCUT2D eigenvalue weighted by Crippen LogP contribution is -2.09. The Morgan fingerprint density at radius 2 is 0.677 bits per heavy atom. The predicted molar refractivity (Wildman–Crippen MR) is 325 cm³/mol. The standard InChI is InChI=1S/C10H10FNO5.C10H12N2O5.C9H10N2O5.C8H6FNO5.C8H7FO3.C7H5FO3.5CH4/c2*1-3-17-9-6(10(13)16-2)4-5-7(11)8(9)12(14)15;1-2-16-8-5(9(12)13)3-4-6(10)7(8)11(14)15;1-15-8(12)4-2-3-5(9)6(7(4)11)10(13)14;1-12-8(11)6-3-2-5(9)4-7(6)10;8-4-1-2-5(7(10)11)6(9)3-4;;;;;/h4-5H,3H2,1-2H3;4-5H,3,11H2,1-2H3;3-4H,2,10H2,1H3,(H,12,13);2-3,11H,1H3;2-4,10H,1H3;1-3,9H,(H,10,11);5*1H4. The van der Waals surface area contributed by atoms with Crippen molar-refractivity contribution in [3.8, 4) is 34.5 Å². The highest BCUT2D eigenvalue weighted by Crippen LogP contribution is 2.39. The van der Waals surface area contributed by atoms with Crippen molar-refractivity contribution in [2.45, 2.75) is 57.9 Å². The molecule has 0 aliphatic heterocycles. The first-order valence-electron chi connectivity index (χ1n) is 23.7. The SMILES string of the molecule is C.C.C.C.C.CCOc1c(C(=O)O)ccc(N)c1[N+](=O)[O-].CCOc1c(C(=O)OC)ccc(F)c1[N+](=O)[O-].CCOc1c(C(=O)OC)ccc(N)c1[N+](=O)[O-].COC(=O)c1ccc(F)c([N+](=O)[O-])c1O.COC(=O)c1ccc(F)cc1O.O=C(O)c1ccc(F)cc1O. The summed E-state index contributed by atoms with van der Waals surface area (Å²) < 4.78 is 83.4. The third-order valence-electron chi connectivity index (χ3n) is 10.1. The van der Waals surface area contributed by atoms with Crippen LogP contribution in [-0.4, -0.2) is 129 Å². The van der Waals surface area contributed by atoms with Crippen molar-refractivity contribution in [1.82, 2.24) is 0 Å². The van der Waals surface area contributed by atoms with Crippen molar-refractivity contribution in [2.24, 2.45) is 0 Å². The number of nitro benzene ring substituents is 4. The van der Waals surface area contributed by atoms with Crippen LogP contribution < -0.4 is 25.7 Å². The summed E-state index contributed by atoms with van der Waals surface area (Å²) in [5, 5.41) is 87.1. The summed E-state index contributed by atoms with van der Waals surface area (Å²) in [6.45, 7) is 5.16. The molecular formula is C57H70F4N6O26. The lowest BCUT2D eigenvalue weighted by molar-refractivity contribution is -0.388. The molecule has 0 radical (unpaired) electrons. The molecule has 0 aromatic heterocycles. The summed E-state index contributed by atoms with van der Waals surface area (Å²) in [4.78, 5) is 105. The number of halogens is 4. The first-order chi connectivity index (χ1) is 41.3. The molecule has 6 aromatic rings. The molecule has 0 atom stereocenters. The van der Waals surface area contributed by atoms with Crippen LogP contribution in [-0.2, 0) is 18.9 Å². The minimum Gasteiger partial charge on any atom is -0.507 e. The average molecular weight is 1330 g/mol. The summed E-state index contributed by atoms with van der Waals surface area (Å²) in [5.41, 5.74) is 6.50. The average Bonchev–Trinajstić information content (AvgIpc) is 0.843. The second-order valence-corrected chi connectivity index (χ2v) is 15.6. The van der Waals surface area contributed by atoms with Crippen LogP contribution in [0.1, 0.15) is 120 Å². The largest absolute Gasteiger partial charge is 0.507 e. The topological polar surface area (TPSA) is 493 Å². The fourth-order valence-electron chi connectivity index (χ4n) is 6.32. The Balaban J connectivity index is -0.000000331. The summed E-state index contributed by atoms with van der Waals surface area (Å²) in [5.74, 6) is -12.2. The Labute approximate surface area is 527 Å². The van der Waals surface area contributed by atoms with E-state index in [-0.39, 0.29) is 108 Å². The number of carbonyl (C=O) groups excluding carboxylic acids is 4. The molecule has 0 bridgehead atoms. The number of nitrogen functional groups attached to an aromatic ring is 2. The molecule has 93 heavy (non-hydrogen) atoms. The highest BCUT2D eigenvalue weighted by Gasteiger charge is 2.31. The number of carbonyl (C=O) groups is 6. The molecule has 0 amide bonds. The smallest absolute Gasteiger partial charge is 0.347 e. The van der Waals surface area contributed by atoms with Crippen molar-refractivity contribution in [2.75, 3.05) is 59.7 Å².